The van der Waals surface area contributed by atoms with Crippen LogP contribution in [0.25, 0.3) is 0 Å². The van der Waals surface area contributed by atoms with Crippen LogP contribution in [0.5, 0.6) is 0 Å². The van der Waals surface area contributed by atoms with Gasteiger partial charge in [-0.15, -0.1) is 0 Å². The van der Waals surface area contributed by atoms with Crippen LogP contribution in [0.3, 0.4) is 0 Å². The number of aromatic nitrogens is 2. The fraction of sp³-hybridized carbons (Fsp3) is 0.500. The third-order valence-electron chi connectivity index (χ3n) is 3.73. The first-order valence-corrected chi connectivity index (χ1v) is 6.50. The Morgan fingerprint density at radius 3 is 2.95 bits per heavy atom. The topological polar surface area (TPSA) is 98.4 Å². The summed E-state index contributed by atoms with van der Waals surface area (Å²) in [4.78, 5) is 37.6. The molecule has 1 aromatic rings. The summed E-state index contributed by atoms with van der Waals surface area (Å²) < 4.78 is 0. The highest BCUT2D eigenvalue weighted by Gasteiger charge is 2.34. The Labute approximate surface area is 115 Å². The Morgan fingerprint density at radius 2 is 2.30 bits per heavy atom. The van der Waals surface area contributed by atoms with Crippen LogP contribution in [-0.2, 0) is 9.59 Å². The van der Waals surface area contributed by atoms with Gasteiger partial charge in [-0.3, -0.25) is 19.6 Å². The first-order valence-electron chi connectivity index (χ1n) is 6.50. The summed E-state index contributed by atoms with van der Waals surface area (Å²) in [6.07, 6.45) is 2.54. The second-order valence-corrected chi connectivity index (χ2v) is 4.98. The highest BCUT2D eigenvalue weighted by atomic mass is 16.2. The number of aromatic amines is 1. The minimum Gasteiger partial charge on any atom is -0.340 e. The van der Waals surface area contributed by atoms with Gasteiger partial charge in [0.2, 0.25) is 5.91 Å². The van der Waals surface area contributed by atoms with E-state index in [2.05, 4.69) is 15.5 Å². The van der Waals surface area contributed by atoms with Crippen LogP contribution in [0.1, 0.15) is 18.0 Å². The number of H-pyrrole nitrogens is 1. The van der Waals surface area contributed by atoms with Crippen molar-refractivity contribution in [3.05, 3.63) is 18.0 Å². The summed E-state index contributed by atoms with van der Waals surface area (Å²) >= 11 is 0. The van der Waals surface area contributed by atoms with Crippen LogP contribution in [0.15, 0.2) is 12.3 Å². The maximum atomic E-state index is 12.1. The molecule has 8 nitrogen and oxygen atoms in total. The van der Waals surface area contributed by atoms with Crippen LogP contribution in [0.2, 0.25) is 0 Å². The van der Waals surface area contributed by atoms with Gasteiger partial charge >= 0.3 is 6.03 Å². The molecule has 0 radical (unpaired) electrons. The first kappa shape index (κ1) is 12.6. The third kappa shape index (κ3) is 2.24. The number of carbonyl (C=O) groups is 3. The van der Waals surface area contributed by atoms with Crippen LogP contribution < -0.4 is 5.32 Å². The molecule has 0 aromatic carbocycles. The number of urea groups is 1. The number of nitrogens with one attached hydrogen (secondary N) is 2. The molecular formula is C12H15N5O3. The number of likely N-dealkylation sites (tertiary alicyclic amines) is 1. The molecule has 0 bridgehead atoms. The highest BCUT2D eigenvalue weighted by molar-refractivity contribution is 6.04. The van der Waals surface area contributed by atoms with Crippen molar-refractivity contribution in [2.45, 2.75) is 12.3 Å². The summed E-state index contributed by atoms with van der Waals surface area (Å²) in [6.45, 7) is 1.01. The molecular weight excluding hydrogens is 262 g/mol. The van der Waals surface area contributed by atoms with Gasteiger partial charge in [0, 0.05) is 30.9 Å². The zero-order chi connectivity index (χ0) is 14.1. The Kier molecular flexibility index (Phi) is 3.13. The molecule has 0 unspecified atom stereocenters. The van der Waals surface area contributed by atoms with E-state index in [0.717, 1.165) is 17.0 Å². The molecule has 3 heterocycles. The lowest BCUT2D eigenvalue weighted by molar-refractivity contribution is -0.135. The molecule has 1 aromatic heterocycles. The van der Waals surface area contributed by atoms with Crippen molar-refractivity contribution in [2.75, 3.05) is 26.2 Å². The third-order valence-corrected chi connectivity index (χ3v) is 3.73. The molecule has 2 aliphatic heterocycles. The standard InChI is InChI=1S/C12H15N5O3/c18-10-5-13-12(20)17(10)7-11(19)16-4-2-8(6-16)9-1-3-14-15-9/h1,3,8H,2,4-7H2,(H,13,20)(H,14,15)/t8-/m1/s1. The van der Waals surface area contributed by atoms with Crippen molar-refractivity contribution in [1.82, 2.24) is 25.3 Å². The van der Waals surface area contributed by atoms with Crippen molar-refractivity contribution >= 4 is 17.8 Å². The van der Waals surface area contributed by atoms with Gasteiger partial charge in [-0.1, -0.05) is 0 Å². The van der Waals surface area contributed by atoms with Crippen LogP contribution in [0.4, 0.5) is 4.79 Å². The number of amides is 4. The molecule has 106 valence electrons. The summed E-state index contributed by atoms with van der Waals surface area (Å²) in [5, 5.41) is 9.21. The molecule has 0 aliphatic carbocycles. The van der Waals surface area contributed by atoms with E-state index >= 15 is 0 Å². The maximum Gasteiger partial charge on any atom is 0.325 e. The quantitative estimate of drug-likeness (QED) is 0.712. The summed E-state index contributed by atoms with van der Waals surface area (Å²) in [7, 11) is 0. The number of rotatable bonds is 3. The van der Waals surface area contributed by atoms with Gasteiger partial charge < -0.3 is 10.2 Å². The van der Waals surface area contributed by atoms with Gasteiger partial charge in [-0.05, 0) is 12.5 Å². The molecule has 0 saturated carbocycles. The Morgan fingerprint density at radius 1 is 1.45 bits per heavy atom. The van der Waals surface area contributed by atoms with E-state index in [1.165, 1.54) is 0 Å². The molecule has 2 aliphatic rings. The lowest BCUT2D eigenvalue weighted by atomic mass is 10.1. The fourth-order valence-electron chi connectivity index (χ4n) is 2.59. The second kappa shape index (κ2) is 4.95. The molecule has 3 rings (SSSR count). The van der Waals surface area contributed by atoms with E-state index in [4.69, 9.17) is 0 Å². The van der Waals surface area contributed by atoms with Gasteiger partial charge in [0.25, 0.3) is 5.91 Å². The van der Waals surface area contributed by atoms with Crippen LogP contribution >= 0.6 is 0 Å². The molecule has 0 spiro atoms. The van der Waals surface area contributed by atoms with E-state index in [-0.39, 0.29) is 30.8 Å². The molecule has 2 N–H and O–H groups in total. The van der Waals surface area contributed by atoms with Crippen molar-refractivity contribution in [3.8, 4) is 0 Å². The summed E-state index contributed by atoms with van der Waals surface area (Å²) in [6, 6.07) is 1.41. The Balaban J connectivity index is 1.59. The molecule has 20 heavy (non-hydrogen) atoms. The van der Waals surface area contributed by atoms with Gasteiger partial charge in [0.1, 0.15) is 6.54 Å². The summed E-state index contributed by atoms with van der Waals surface area (Å²) in [5.74, 6) is -0.311. The molecule has 2 fully saturated rings. The van der Waals surface area contributed by atoms with Crippen molar-refractivity contribution in [3.63, 3.8) is 0 Å². The minimum absolute atomic E-state index is 0.0249. The molecule has 2 saturated heterocycles. The van der Waals surface area contributed by atoms with Crippen LogP contribution in [-0.4, -0.2) is 64.0 Å². The number of hydrogen-bond acceptors (Lipinski definition) is 4. The predicted octanol–water partition coefficient (Wildman–Crippen LogP) is -0.723. The van der Waals surface area contributed by atoms with E-state index in [1.807, 2.05) is 6.07 Å². The van der Waals surface area contributed by atoms with Crippen LogP contribution in [0, 0.1) is 0 Å². The fourth-order valence-corrected chi connectivity index (χ4v) is 2.59. The van der Waals surface area contributed by atoms with E-state index in [1.54, 1.807) is 11.1 Å². The lowest BCUT2D eigenvalue weighted by Gasteiger charge is -2.19. The average Bonchev–Trinajstić information content (AvgIpc) is 3.14. The summed E-state index contributed by atoms with van der Waals surface area (Å²) in [5.41, 5.74) is 1.01. The Bertz CT molecular complexity index is 525. The zero-order valence-electron chi connectivity index (χ0n) is 10.8. The zero-order valence-corrected chi connectivity index (χ0v) is 10.8. The molecule has 8 heteroatoms. The smallest absolute Gasteiger partial charge is 0.325 e. The normalized spacial score (nSPS) is 22.5. The Hall–Kier alpha value is -2.38. The minimum atomic E-state index is -0.493. The highest BCUT2D eigenvalue weighted by Crippen LogP contribution is 2.25. The van der Waals surface area contributed by atoms with Crippen molar-refractivity contribution in [2.24, 2.45) is 0 Å². The van der Waals surface area contributed by atoms with Gasteiger partial charge in [-0.2, -0.15) is 5.10 Å². The molecule has 4 amide bonds. The van der Waals surface area contributed by atoms with Gasteiger partial charge in [0.05, 0.1) is 6.54 Å². The monoisotopic (exact) mass is 277 g/mol. The van der Waals surface area contributed by atoms with Gasteiger partial charge in [-0.25, -0.2) is 4.79 Å². The van der Waals surface area contributed by atoms with E-state index < -0.39 is 6.03 Å². The maximum absolute atomic E-state index is 12.1. The first-order chi connectivity index (χ1) is 9.65. The lowest BCUT2D eigenvalue weighted by Crippen LogP contribution is -2.42. The number of hydrogen-bond donors (Lipinski definition) is 2. The number of carbonyl (C=O) groups excluding carboxylic acids is 3. The largest absolute Gasteiger partial charge is 0.340 e. The van der Waals surface area contributed by atoms with E-state index in [9.17, 15) is 14.4 Å². The SMILES string of the molecule is O=C(CN1C(=O)CNC1=O)N1CC[C@@H](c2ccn[nH]2)C1. The van der Waals surface area contributed by atoms with Crippen molar-refractivity contribution in [1.29, 1.82) is 0 Å². The van der Waals surface area contributed by atoms with Crippen molar-refractivity contribution < 1.29 is 14.4 Å². The van der Waals surface area contributed by atoms with Gasteiger partial charge in [0.15, 0.2) is 0 Å². The average molecular weight is 277 g/mol. The molecule has 1 atom stereocenters. The number of nitrogens with zero attached hydrogens (tertiary/aromatic N) is 3. The van der Waals surface area contributed by atoms with E-state index in [0.29, 0.717) is 13.1 Å². The second-order valence-electron chi connectivity index (χ2n) is 4.98. The predicted molar refractivity (Wildman–Crippen MR) is 67.6 cm³/mol. The number of imide groups is 1.